The number of aromatic nitrogens is 5. The molecule has 0 spiro atoms. The van der Waals surface area contributed by atoms with Crippen LogP contribution in [0, 0.1) is 0 Å². The lowest BCUT2D eigenvalue weighted by Gasteiger charge is -2.17. The molecule has 0 amide bonds. The van der Waals surface area contributed by atoms with Gasteiger partial charge in [0.15, 0.2) is 5.82 Å². The van der Waals surface area contributed by atoms with Crippen molar-refractivity contribution in [1.29, 1.82) is 0 Å². The molecule has 0 aromatic carbocycles. The van der Waals surface area contributed by atoms with Crippen LogP contribution in [0.3, 0.4) is 0 Å². The molecular formula is C15H18N6OS. The standard InChI is InChI=1S/C15H18N6OS/c1-21-8-18-20-14(21)10(6-22)19-13-12-9-4-2-3-5-11(9)23-15(12)17-7-16-13/h7-8,10,22H,2-6H2,1H3,(H,16,17,19). The highest BCUT2D eigenvalue weighted by Gasteiger charge is 2.22. The molecule has 1 aliphatic rings. The summed E-state index contributed by atoms with van der Waals surface area (Å²) >= 11 is 1.76. The lowest BCUT2D eigenvalue weighted by Crippen LogP contribution is -2.20. The summed E-state index contributed by atoms with van der Waals surface area (Å²) in [6.07, 6.45) is 7.86. The lowest BCUT2D eigenvalue weighted by atomic mass is 9.97. The fraction of sp³-hybridized carbons (Fsp3) is 0.467. The van der Waals surface area contributed by atoms with Gasteiger partial charge >= 0.3 is 0 Å². The van der Waals surface area contributed by atoms with Gasteiger partial charge in [-0.1, -0.05) is 0 Å². The average Bonchev–Trinajstić information content (AvgIpc) is 3.16. The Balaban J connectivity index is 1.76. The zero-order valence-electron chi connectivity index (χ0n) is 12.9. The molecule has 1 atom stereocenters. The average molecular weight is 330 g/mol. The lowest BCUT2D eigenvalue weighted by molar-refractivity contribution is 0.270. The second-order valence-electron chi connectivity index (χ2n) is 5.79. The topological polar surface area (TPSA) is 88.8 Å². The molecule has 8 heteroatoms. The Hall–Kier alpha value is -2.06. The number of thiophene rings is 1. The van der Waals surface area contributed by atoms with Gasteiger partial charge in [0.2, 0.25) is 0 Å². The van der Waals surface area contributed by atoms with Crippen LogP contribution in [0.4, 0.5) is 5.82 Å². The van der Waals surface area contributed by atoms with E-state index in [-0.39, 0.29) is 12.6 Å². The normalized spacial score (nSPS) is 15.6. The maximum absolute atomic E-state index is 9.76. The number of nitrogens with one attached hydrogen (secondary N) is 1. The number of fused-ring (bicyclic) bond motifs is 3. The Morgan fingerprint density at radius 3 is 3.00 bits per heavy atom. The van der Waals surface area contributed by atoms with Crippen molar-refractivity contribution in [3.05, 3.63) is 28.9 Å². The van der Waals surface area contributed by atoms with Crippen LogP contribution in [0.15, 0.2) is 12.7 Å². The minimum atomic E-state index is -0.347. The quantitative estimate of drug-likeness (QED) is 0.759. The van der Waals surface area contributed by atoms with Crippen molar-refractivity contribution in [2.45, 2.75) is 31.7 Å². The summed E-state index contributed by atoms with van der Waals surface area (Å²) in [6.45, 7) is -0.0790. The number of nitrogens with zero attached hydrogens (tertiary/aromatic N) is 5. The summed E-state index contributed by atoms with van der Waals surface area (Å²) in [5, 5.41) is 22.2. The van der Waals surface area contributed by atoms with Gasteiger partial charge in [-0.05, 0) is 31.2 Å². The summed E-state index contributed by atoms with van der Waals surface area (Å²) in [5.41, 5.74) is 1.37. The van der Waals surface area contributed by atoms with Crippen LogP contribution in [0.25, 0.3) is 10.2 Å². The van der Waals surface area contributed by atoms with E-state index < -0.39 is 0 Å². The van der Waals surface area contributed by atoms with Crippen LogP contribution < -0.4 is 5.32 Å². The first kappa shape index (κ1) is 14.5. The maximum Gasteiger partial charge on any atom is 0.157 e. The predicted octanol–water partition coefficient (Wildman–Crippen LogP) is 1.84. The maximum atomic E-state index is 9.76. The van der Waals surface area contributed by atoms with E-state index in [9.17, 15) is 5.11 Å². The summed E-state index contributed by atoms with van der Waals surface area (Å²) in [6, 6.07) is -0.347. The van der Waals surface area contributed by atoms with Gasteiger partial charge in [0.25, 0.3) is 0 Å². The van der Waals surface area contributed by atoms with Crippen molar-refractivity contribution < 1.29 is 5.11 Å². The summed E-state index contributed by atoms with van der Waals surface area (Å²) in [4.78, 5) is 11.3. The van der Waals surface area contributed by atoms with E-state index in [0.29, 0.717) is 5.82 Å². The molecule has 7 nitrogen and oxygen atoms in total. The van der Waals surface area contributed by atoms with Crippen molar-refractivity contribution in [1.82, 2.24) is 24.7 Å². The Labute approximate surface area is 137 Å². The van der Waals surface area contributed by atoms with Crippen LogP contribution in [-0.2, 0) is 19.9 Å². The highest BCUT2D eigenvalue weighted by atomic mass is 32.1. The smallest absolute Gasteiger partial charge is 0.157 e. The highest BCUT2D eigenvalue weighted by Crippen LogP contribution is 2.38. The van der Waals surface area contributed by atoms with Crippen molar-refractivity contribution in [2.75, 3.05) is 11.9 Å². The molecular weight excluding hydrogens is 312 g/mol. The molecule has 0 radical (unpaired) electrons. The third kappa shape index (κ3) is 2.47. The molecule has 0 bridgehead atoms. The first-order valence-corrected chi connectivity index (χ1v) is 8.56. The van der Waals surface area contributed by atoms with Crippen LogP contribution in [0.1, 0.15) is 35.1 Å². The Kier molecular flexibility index (Phi) is 3.70. The van der Waals surface area contributed by atoms with Crippen molar-refractivity contribution in [2.24, 2.45) is 7.05 Å². The zero-order valence-corrected chi connectivity index (χ0v) is 13.7. The molecule has 3 heterocycles. The molecule has 3 aromatic rings. The number of hydrogen-bond acceptors (Lipinski definition) is 7. The Morgan fingerprint density at radius 1 is 1.35 bits per heavy atom. The van der Waals surface area contributed by atoms with Gasteiger partial charge in [-0.15, -0.1) is 21.5 Å². The molecule has 2 N–H and O–H groups in total. The molecule has 0 saturated carbocycles. The molecule has 4 rings (SSSR count). The largest absolute Gasteiger partial charge is 0.394 e. The third-order valence-electron chi connectivity index (χ3n) is 4.30. The molecule has 1 aliphatic carbocycles. The second kappa shape index (κ2) is 5.86. The first-order chi connectivity index (χ1) is 11.3. The predicted molar refractivity (Wildman–Crippen MR) is 88.5 cm³/mol. The number of aliphatic hydroxyl groups is 1. The minimum Gasteiger partial charge on any atom is -0.394 e. The van der Waals surface area contributed by atoms with Gasteiger partial charge in [-0.25, -0.2) is 9.97 Å². The van der Waals surface area contributed by atoms with E-state index in [4.69, 9.17) is 0 Å². The number of anilines is 1. The molecule has 0 fully saturated rings. The number of hydrogen-bond donors (Lipinski definition) is 2. The van der Waals surface area contributed by atoms with Gasteiger partial charge in [-0.2, -0.15) is 0 Å². The number of aliphatic hydroxyl groups excluding tert-OH is 1. The minimum absolute atomic E-state index is 0.0790. The molecule has 3 aromatic heterocycles. The van der Waals surface area contributed by atoms with Crippen molar-refractivity contribution in [3.8, 4) is 0 Å². The summed E-state index contributed by atoms with van der Waals surface area (Å²) < 4.78 is 1.80. The molecule has 120 valence electrons. The van der Waals surface area contributed by atoms with E-state index >= 15 is 0 Å². The second-order valence-corrected chi connectivity index (χ2v) is 6.88. The fourth-order valence-corrected chi connectivity index (χ4v) is 4.39. The molecule has 0 aliphatic heterocycles. The van der Waals surface area contributed by atoms with Crippen molar-refractivity contribution in [3.63, 3.8) is 0 Å². The van der Waals surface area contributed by atoms with E-state index in [1.807, 2.05) is 7.05 Å². The monoisotopic (exact) mass is 330 g/mol. The fourth-order valence-electron chi connectivity index (χ4n) is 3.16. The Bertz CT molecular complexity index is 842. The van der Waals surface area contributed by atoms with E-state index in [2.05, 4.69) is 25.5 Å². The summed E-state index contributed by atoms with van der Waals surface area (Å²) in [7, 11) is 1.86. The number of rotatable bonds is 4. The third-order valence-corrected chi connectivity index (χ3v) is 5.50. The first-order valence-electron chi connectivity index (χ1n) is 7.74. The van der Waals surface area contributed by atoms with E-state index in [0.717, 1.165) is 28.9 Å². The van der Waals surface area contributed by atoms with Gasteiger partial charge < -0.3 is 15.0 Å². The van der Waals surface area contributed by atoms with E-state index in [1.54, 1.807) is 28.6 Å². The Morgan fingerprint density at radius 2 is 2.22 bits per heavy atom. The zero-order chi connectivity index (χ0) is 15.8. The van der Waals surface area contributed by atoms with Gasteiger partial charge in [0.05, 0.1) is 12.0 Å². The van der Waals surface area contributed by atoms with Crippen molar-refractivity contribution >= 4 is 27.4 Å². The molecule has 23 heavy (non-hydrogen) atoms. The van der Waals surface area contributed by atoms with Crippen LogP contribution in [-0.4, -0.2) is 36.4 Å². The highest BCUT2D eigenvalue weighted by molar-refractivity contribution is 7.19. The summed E-state index contributed by atoms with van der Waals surface area (Å²) in [5.74, 6) is 1.46. The SMILES string of the molecule is Cn1cnnc1C(CO)Nc1ncnc2sc3c(c12)CCCC3. The van der Waals surface area contributed by atoms with Crippen LogP contribution in [0.5, 0.6) is 0 Å². The van der Waals surface area contributed by atoms with Gasteiger partial charge in [-0.3, -0.25) is 0 Å². The number of aryl methyl sites for hydroxylation is 3. The molecule has 1 unspecified atom stereocenters. The van der Waals surface area contributed by atoms with Crippen LogP contribution in [0.2, 0.25) is 0 Å². The van der Waals surface area contributed by atoms with Crippen LogP contribution >= 0.6 is 11.3 Å². The molecule has 0 saturated heterocycles. The van der Waals surface area contributed by atoms with Gasteiger partial charge in [0.1, 0.15) is 29.3 Å². The van der Waals surface area contributed by atoms with Gasteiger partial charge in [0, 0.05) is 11.9 Å². The van der Waals surface area contributed by atoms with E-state index in [1.165, 1.54) is 23.3 Å².